The molecule has 8 rings (SSSR count). The number of carbonyl (C=O) groups is 4. The second kappa shape index (κ2) is 18.1. The van der Waals surface area contributed by atoms with Gasteiger partial charge in [0, 0.05) is 100 Å². The minimum atomic E-state index is -0.860. The Balaban J connectivity index is 0.00000252. The first-order valence-corrected chi connectivity index (χ1v) is 20.3. The van der Waals surface area contributed by atoms with E-state index in [1.807, 2.05) is 12.3 Å². The highest BCUT2D eigenvalue weighted by atomic mass is 19.1. The van der Waals surface area contributed by atoms with Crippen molar-refractivity contribution in [3.05, 3.63) is 71.4 Å². The van der Waals surface area contributed by atoms with Gasteiger partial charge in [-0.05, 0) is 93.3 Å². The SMILES string of the molecule is CC(=O)Nc1cc2c(-c3cc(C)cc(C4CCOC4)n3)cn(C3CCN(CC4CCN(c5ccc(C(=O)NC6CCC(=O)NC6=O)c(F)c5)CC4)CC3)c2cn1.CO. The number of aliphatic hydroxyl groups excluding tert-OH is 1. The summed E-state index contributed by atoms with van der Waals surface area (Å²) in [5, 5.41) is 15.6. The average Bonchev–Trinajstić information content (AvgIpc) is 3.89. The first kappa shape index (κ1) is 40.9. The van der Waals surface area contributed by atoms with Crippen LogP contribution in [-0.4, -0.2) is 107 Å². The maximum absolute atomic E-state index is 15.2. The van der Waals surface area contributed by atoms with E-state index in [4.69, 9.17) is 14.8 Å². The number of ether oxygens (including phenoxy) is 1. The van der Waals surface area contributed by atoms with Crippen molar-refractivity contribution in [2.45, 2.75) is 76.8 Å². The number of amides is 4. The normalized spacial score (nSPS) is 20.7. The molecule has 4 aliphatic heterocycles. The number of halogens is 1. The van der Waals surface area contributed by atoms with Crippen LogP contribution in [0.1, 0.15) is 85.4 Å². The molecule has 3 aromatic heterocycles. The quantitative estimate of drug-likeness (QED) is 0.174. The molecule has 2 atom stereocenters. The Morgan fingerprint density at radius 2 is 1.78 bits per heavy atom. The smallest absolute Gasteiger partial charge is 0.254 e. The average molecular weight is 797 g/mol. The molecular formula is C43H53FN8O6. The van der Waals surface area contributed by atoms with Crippen LogP contribution >= 0.6 is 0 Å². The van der Waals surface area contributed by atoms with Gasteiger partial charge in [0.25, 0.3) is 5.91 Å². The summed E-state index contributed by atoms with van der Waals surface area (Å²) in [5.74, 6) is -1.06. The number of pyridine rings is 2. The Hall–Kier alpha value is -5.25. The van der Waals surface area contributed by atoms with Gasteiger partial charge in [-0.3, -0.25) is 29.5 Å². The first-order valence-electron chi connectivity index (χ1n) is 20.3. The Bertz CT molecular complexity index is 2150. The van der Waals surface area contributed by atoms with Gasteiger partial charge in [-0.15, -0.1) is 0 Å². The van der Waals surface area contributed by atoms with E-state index in [2.05, 4.69) is 60.6 Å². The number of aliphatic hydroxyl groups is 1. The topological polar surface area (TPSA) is 171 Å². The van der Waals surface area contributed by atoms with Gasteiger partial charge in [0.15, 0.2) is 0 Å². The second-order valence-electron chi connectivity index (χ2n) is 15.8. The molecule has 4 N–H and O–H groups in total. The number of fused-ring (bicyclic) bond motifs is 1. The molecule has 0 bridgehead atoms. The highest BCUT2D eigenvalue weighted by molar-refractivity contribution is 6.04. The Kier molecular flexibility index (Phi) is 12.8. The van der Waals surface area contributed by atoms with Crippen LogP contribution in [0.15, 0.2) is 48.8 Å². The fourth-order valence-electron chi connectivity index (χ4n) is 8.78. The molecule has 308 valence electrons. The maximum Gasteiger partial charge on any atom is 0.254 e. The molecule has 15 heteroatoms. The summed E-state index contributed by atoms with van der Waals surface area (Å²) >= 11 is 0. The highest BCUT2D eigenvalue weighted by Crippen LogP contribution is 2.37. The Morgan fingerprint density at radius 3 is 2.47 bits per heavy atom. The van der Waals surface area contributed by atoms with E-state index in [9.17, 15) is 19.2 Å². The molecule has 4 fully saturated rings. The number of aryl methyl sites for hydroxylation is 1. The summed E-state index contributed by atoms with van der Waals surface area (Å²) in [6.45, 7) is 9.65. The van der Waals surface area contributed by atoms with Crippen LogP contribution < -0.4 is 20.9 Å². The number of imide groups is 1. The fraction of sp³-hybridized carbons (Fsp3) is 0.488. The van der Waals surface area contributed by atoms with Crippen LogP contribution in [0.2, 0.25) is 0 Å². The van der Waals surface area contributed by atoms with Crippen molar-refractivity contribution in [3.8, 4) is 11.3 Å². The van der Waals surface area contributed by atoms with Crippen molar-refractivity contribution in [3.63, 3.8) is 0 Å². The molecule has 1 aromatic carbocycles. The number of nitrogens with one attached hydrogen (secondary N) is 3. The number of aromatic nitrogens is 3. The van der Waals surface area contributed by atoms with E-state index < -0.39 is 23.7 Å². The largest absolute Gasteiger partial charge is 0.400 e. The van der Waals surface area contributed by atoms with Crippen LogP contribution in [0.25, 0.3) is 22.2 Å². The standard InChI is InChI=1S/C42H49FN8O5.CH4O/c1-25-17-36(28-11-16-56-24-28)46-37(18-25)33-23-51(38-21-44-39(20-32(33)38)45-26(2)52)29-9-12-49(13-10-29)22-27-7-14-50(15-8-27)30-3-4-31(34(43)19-30)41(54)47-35-5-6-40(53)48-42(35)55;1-2/h3-4,17-21,23,27-29,35H,5-16,22,24H2,1-2H3,(H,47,54)(H,44,45,52)(H,48,53,55);2H,1H3. The Morgan fingerprint density at radius 1 is 1.00 bits per heavy atom. The molecule has 14 nitrogen and oxygen atoms in total. The van der Waals surface area contributed by atoms with Gasteiger partial charge in [-0.25, -0.2) is 9.37 Å². The van der Waals surface area contributed by atoms with Crippen LogP contribution in [-0.2, 0) is 19.1 Å². The number of carbonyl (C=O) groups excluding carboxylic acids is 4. The molecule has 4 saturated heterocycles. The number of piperidine rings is 3. The fourth-order valence-corrected chi connectivity index (χ4v) is 8.78. The second-order valence-corrected chi connectivity index (χ2v) is 15.8. The molecule has 4 amide bonds. The van der Waals surface area contributed by atoms with Gasteiger partial charge in [0.1, 0.15) is 17.7 Å². The van der Waals surface area contributed by atoms with Crippen molar-refractivity contribution in [2.24, 2.45) is 5.92 Å². The van der Waals surface area contributed by atoms with Crippen molar-refractivity contribution in [1.82, 2.24) is 30.1 Å². The molecule has 0 saturated carbocycles. The zero-order valence-corrected chi connectivity index (χ0v) is 33.4. The van der Waals surface area contributed by atoms with Gasteiger partial charge < -0.3 is 34.8 Å². The number of hydrogen-bond acceptors (Lipinski definition) is 10. The lowest BCUT2D eigenvalue weighted by atomic mass is 9.94. The van der Waals surface area contributed by atoms with Crippen LogP contribution in [0.3, 0.4) is 0 Å². The van der Waals surface area contributed by atoms with Gasteiger partial charge in [-0.2, -0.15) is 0 Å². The summed E-state index contributed by atoms with van der Waals surface area (Å²) in [6, 6.07) is 10.3. The van der Waals surface area contributed by atoms with Crippen molar-refractivity contribution < 1.29 is 33.4 Å². The van der Waals surface area contributed by atoms with Gasteiger partial charge in [-0.1, -0.05) is 0 Å². The number of rotatable bonds is 9. The molecule has 7 heterocycles. The van der Waals surface area contributed by atoms with E-state index >= 15 is 4.39 Å². The molecule has 0 aliphatic carbocycles. The van der Waals surface area contributed by atoms with Gasteiger partial charge >= 0.3 is 0 Å². The molecule has 58 heavy (non-hydrogen) atoms. The summed E-state index contributed by atoms with van der Waals surface area (Å²) in [5.41, 5.74) is 5.83. The van der Waals surface area contributed by atoms with Gasteiger partial charge in [0.2, 0.25) is 17.7 Å². The van der Waals surface area contributed by atoms with Crippen LogP contribution in [0, 0.1) is 18.7 Å². The number of anilines is 2. The lowest BCUT2D eigenvalue weighted by Gasteiger charge is -2.38. The molecule has 0 radical (unpaired) electrons. The van der Waals surface area contributed by atoms with E-state index in [0.29, 0.717) is 30.3 Å². The number of nitrogens with zero attached hydrogens (tertiary/aromatic N) is 5. The summed E-state index contributed by atoms with van der Waals surface area (Å²) in [4.78, 5) is 62.6. The zero-order chi connectivity index (χ0) is 40.9. The third kappa shape index (κ3) is 9.22. The van der Waals surface area contributed by atoms with Crippen molar-refractivity contribution in [2.75, 3.05) is 63.3 Å². The van der Waals surface area contributed by atoms with Gasteiger partial charge in [0.05, 0.1) is 29.6 Å². The summed E-state index contributed by atoms with van der Waals surface area (Å²) in [6.07, 6.45) is 9.39. The van der Waals surface area contributed by atoms with E-state index in [-0.39, 0.29) is 30.2 Å². The van der Waals surface area contributed by atoms with E-state index in [1.165, 1.54) is 19.1 Å². The minimum absolute atomic E-state index is 0.123. The third-order valence-corrected chi connectivity index (χ3v) is 11.8. The lowest BCUT2D eigenvalue weighted by molar-refractivity contribution is -0.134. The monoisotopic (exact) mass is 796 g/mol. The summed E-state index contributed by atoms with van der Waals surface area (Å²) in [7, 11) is 1.00. The number of likely N-dealkylation sites (tertiary alicyclic amines) is 1. The Labute approximate surface area is 337 Å². The van der Waals surface area contributed by atoms with E-state index in [0.717, 1.165) is 118 Å². The van der Waals surface area contributed by atoms with Crippen LogP contribution in [0.4, 0.5) is 15.9 Å². The molecule has 4 aliphatic rings. The predicted molar refractivity (Wildman–Crippen MR) is 218 cm³/mol. The molecular weight excluding hydrogens is 744 g/mol. The maximum atomic E-state index is 15.2. The summed E-state index contributed by atoms with van der Waals surface area (Å²) < 4.78 is 23.2. The first-order chi connectivity index (χ1) is 28.1. The van der Waals surface area contributed by atoms with Crippen molar-refractivity contribution >= 4 is 46.0 Å². The molecule has 2 unspecified atom stereocenters. The molecule has 4 aromatic rings. The zero-order valence-electron chi connectivity index (χ0n) is 33.4. The highest BCUT2D eigenvalue weighted by Gasteiger charge is 2.31. The minimum Gasteiger partial charge on any atom is -0.400 e. The number of benzene rings is 1. The molecule has 0 spiro atoms. The predicted octanol–water partition coefficient (Wildman–Crippen LogP) is 4.71. The van der Waals surface area contributed by atoms with E-state index in [1.54, 1.807) is 6.07 Å². The van der Waals surface area contributed by atoms with Crippen LogP contribution in [0.5, 0.6) is 0 Å². The number of hydrogen-bond donors (Lipinski definition) is 4. The lowest BCUT2D eigenvalue weighted by Crippen LogP contribution is -2.52. The third-order valence-electron chi connectivity index (χ3n) is 11.8. The van der Waals surface area contributed by atoms with Crippen molar-refractivity contribution in [1.29, 1.82) is 0 Å².